The molecular formula is C12H10BrFN2O. The van der Waals surface area contributed by atoms with E-state index in [4.69, 9.17) is 0 Å². The SMILES string of the molecule is O=C(NCc1cc[nH]c1)c1cc(Br)ccc1F. The summed E-state index contributed by atoms with van der Waals surface area (Å²) in [6.07, 6.45) is 3.54. The Bertz CT molecular complexity index is 525. The summed E-state index contributed by atoms with van der Waals surface area (Å²) < 4.78 is 14.1. The molecule has 0 aliphatic carbocycles. The van der Waals surface area contributed by atoms with E-state index in [1.807, 2.05) is 6.07 Å². The van der Waals surface area contributed by atoms with Gasteiger partial charge < -0.3 is 10.3 Å². The van der Waals surface area contributed by atoms with E-state index in [1.54, 1.807) is 18.5 Å². The largest absolute Gasteiger partial charge is 0.367 e. The highest BCUT2D eigenvalue weighted by molar-refractivity contribution is 9.10. The van der Waals surface area contributed by atoms with E-state index < -0.39 is 11.7 Å². The van der Waals surface area contributed by atoms with Crippen LogP contribution in [-0.4, -0.2) is 10.9 Å². The summed E-state index contributed by atoms with van der Waals surface area (Å²) in [4.78, 5) is 14.6. The summed E-state index contributed by atoms with van der Waals surface area (Å²) in [6, 6.07) is 6.12. The number of carbonyl (C=O) groups excluding carboxylic acids is 1. The summed E-state index contributed by atoms with van der Waals surface area (Å²) in [5, 5.41) is 2.65. The van der Waals surface area contributed by atoms with Crippen molar-refractivity contribution >= 4 is 21.8 Å². The van der Waals surface area contributed by atoms with Gasteiger partial charge in [-0.05, 0) is 29.8 Å². The molecule has 2 aromatic rings. The Labute approximate surface area is 106 Å². The number of carbonyl (C=O) groups is 1. The van der Waals surface area contributed by atoms with Crippen molar-refractivity contribution in [2.75, 3.05) is 0 Å². The molecule has 0 atom stereocenters. The normalized spacial score (nSPS) is 10.2. The highest BCUT2D eigenvalue weighted by Crippen LogP contribution is 2.15. The fraction of sp³-hybridized carbons (Fsp3) is 0.0833. The van der Waals surface area contributed by atoms with Crippen LogP contribution in [0.4, 0.5) is 4.39 Å². The van der Waals surface area contributed by atoms with E-state index in [-0.39, 0.29) is 5.56 Å². The van der Waals surface area contributed by atoms with Gasteiger partial charge in [0.1, 0.15) is 5.82 Å². The third-order valence-electron chi connectivity index (χ3n) is 2.29. The van der Waals surface area contributed by atoms with E-state index in [0.717, 1.165) is 5.56 Å². The maximum absolute atomic E-state index is 13.4. The summed E-state index contributed by atoms with van der Waals surface area (Å²) in [5.74, 6) is -0.954. The first-order valence-electron chi connectivity index (χ1n) is 5.02. The predicted molar refractivity (Wildman–Crippen MR) is 66.1 cm³/mol. The molecule has 0 aliphatic heterocycles. The van der Waals surface area contributed by atoms with Gasteiger partial charge in [-0.2, -0.15) is 0 Å². The van der Waals surface area contributed by atoms with E-state index in [2.05, 4.69) is 26.2 Å². The van der Waals surface area contributed by atoms with Crippen molar-refractivity contribution in [1.29, 1.82) is 0 Å². The lowest BCUT2D eigenvalue weighted by molar-refractivity contribution is 0.0947. The van der Waals surface area contributed by atoms with Gasteiger partial charge in [-0.15, -0.1) is 0 Å². The van der Waals surface area contributed by atoms with Crippen LogP contribution in [0.1, 0.15) is 15.9 Å². The second kappa shape index (κ2) is 5.14. The number of halogens is 2. The van der Waals surface area contributed by atoms with Crippen LogP contribution in [0.15, 0.2) is 41.1 Å². The van der Waals surface area contributed by atoms with Crippen LogP contribution in [0.3, 0.4) is 0 Å². The van der Waals surface area contributed by atoms with Gasteiger partial charge in [-0.1, -0.05) is 15.9 Å². The number of rotatable bonds is 3. The zero-order chi connectivity index (χ0) is 12.3. The minimum atomic E-state index is -0.528. The van der Waals surface area contributed by atoms with Crippen molar-refractivity contribution in [3.05, 3.63) is 58.1 Å². The number of aromatic amines is 1. The molecule has 0 bridgehead atoms. The van der Waals surface area contributed by atoms with Crippen LogP contribution in [-0.2, 0) is 6.54 Å². The van der Waals surface area contributed by atoms with Crippen molar-refractivity contribution in [2.24, 2.45) is 0 Å². The molecule has 5 heteroatoms. The number of hydrogen-bond acceptors (Lipinski definition) is 1. The minimum Gasteiger partial charge on any atom is -0.367 e. The highest BCUT2D eigenvalue weighted by atomic mass is 79.9. The summed E-state index contributed by atoms with van der Waals surface area (Å²) >= 11 is 3.20. The second-order valence-corrected chi connectivity index (χ2v) is 4.44. The van der Waals surface area contributed by atoms with Gasteiger partial charge in [0.05, 0.1) is 5.56 Å². The molecule has 2 rings (SSSR count). The Balaban J connectivity index is 2.07. The third-order valence-corrected chi connectivity index (χ3v) is 2.78. The Morgan fingerprint density at radius 3 is 2.94 bits per heavy atom. The number of nitrogens with one attached hydrogen (secondary N) is 2. The van der Waals surface area contributed by atoms with Crippen LogP contribution in [0.2, 0.25) is 0 Å². The molecule has 2 N–H and O–H groups in total. The smallest absolute Gasteiger partial charge is 0.254 e. The first-order chi connectivity index (χ1) is 8.16. The van der Waals surface area contributed by atoms with E-state index in [9.17, 15) is 9.18 Å². The molecule has 17 heavy (non-hydrogen) atoms. The third kappa shape index (κ3) is 2.94. The zero-order valence-corrected chi connectivity index (χ0v) is 10.4. The van der Waals surface area contributed by atoms with E-state index >= 15 is 0 Å². The summed E-state index contributed by atoms with van der Waals surface area (Å²) in [7, 11) is 0. The molecule has 0 radical (unpaired) electrons. The molecule has 1 aromatic heterocycles. The first kappa shape index (κ1) is 11.9. The number of benzene rings is 1. The Hall–Kier alpha value is -1.62. The fourth-order valence-corrected chi connectivity index (χ4v) is 1.78. The molecule has 0 saturated carbocycles. The topological polar surface area (TPSA) is 44.9 Å². The van der Waals surface area contributed by atoms with Crippen molar-refractivity contribution in [2.45, 2.75) is 6.54 Å². The van der Waals surface area contributed by atoms with Crippen LogP contribution in [0.25, 0.3) is 0 Å². The summed E-state index contributed by atoms with van der Waals surface area (Å²) in [5.41, 5.74) is 0.976. The average molecular weight is 297 g/mol. The number of H-pyrrole nitrogens is 1. The van der Waals surface area contributed by atoms with Gasteiger partial charge in [0, 0.05) is 23.4 Å². The zero-order valence-electron chi connectivity index (χ0n) is 8.84. The standard InChI is InChI=1S/C12H10BrFN2O/c13-9-1-2-11(14)10(5-9)12(17)16-7-8-3-4-15-6-8/h1-6,15H,7H2,(H,16,17). The van der Waals surface area contributed by atoms with Gasteiger partial charge in [0.2, 0.25) is 0 Å². The lowest BCUT2D eigenvalue weighted by atomic mass is 10.2. The van der Waals surface area contributed by atoms with Crippen LogP contribution < -0.4 is 5.32 Å². The van der Waals surface area contributed by atoms with Crippen LogP contribution >= 0.6 is 15.9 Å². The lowest BCUT2D eigenvalue weighted by Gasteiger charge is -2.05. The average Bonchev–Trinajstić information content (AvgIpc) is 2.82. The molecule has 0 fully saturated rings. The van der Waals surface area contributed by atoms with Gasteiger partial charge in [0.25, 0.3) is 5.91 Å². The van der Waals surface area contributed by atoms with Crippen molar-refractivity contribution in [3.8, 4) is 0 Å². The van der Waals surface area contributed by atoms with E-state index in [0.29, 0.717) is 11.0 Å². The van der Waals surface area contributed by atoms with Crippen LogP contribution in [0, 0.1) is 5.82 Å². The number of hydrogen-bond donors (Lipinski definition) is 2. The molecule has 1 aromatic carbocycles. The maximum atomic E-state index is 13.4. The van der Waals surface area contributed by atoms with Gasteiger partial charge in [-0.3, -0.25) is 4.79 Å². The molecular weight excluding hydrogens is 287 g/mol. The highest BCUT2D eigenvalue weighted by Gasteiger charge is 2.11. The molecule has 1 amide bonds. The Morgan fingerprint density at radius 1 is 1.41 bits per heavy atom. The lowest BCUT2D eigenvalue weighted by Crippen LogP contribution is -2.23. The Kier molecular flexibility index (Phi) is 3.58. The van der Waals surface area contributed by atoms with E-state index in [1.165, 1.54) is 12.1 Å². The van der Waals surface area contributed by atoms with Crippen molar-refractivity contribution < 1.29 is 9.18 Å². The number of amides is 1. The van der Waals surface area contributed by atoms with Gasteiger partial charge in [-0.25, -0.2) is 4.39 Å². The first-order valence-corrected chi connectivity index (χ1v) is 5.81. The fourth-order valence-electron chi connectivity index (χ4n) is 1.42. The minimum absolute atomic E-state index is 0.0370. The maximum Gasteiger partial charge on any atom is 0.254 e. The molecule has 3 nitrogen and oxygen atoms in total. The molecule has 0 unspecified atom stereocenters. The number of aromatic nitrogens is 1. The quantitative estimate of drug-likeness (QED) is 0.899. The van der Waals surface area contributed by atoms with Crippen molar-refractivity contribution in [1.82, 2.24) is 10.3 Å². The monoisotopic (exact) mass is 296 g/mol. The molecule has 0 aliphatic rings. The molecule has 0 saturated heterocycles. The predicted octanol–water partition coefficient (Wildman–Crippen LogP) is 2.85. The molecule has 0 spiro atoms. The van der Waals surface area contributed by atoms with Crippen molar-refractivity contribution in [3.63, 3.8) is 0 Å². The van der Waals surface area contributed by atoms with Gasteiger partial charge in [0.15, 0.2) is 0 Å². The van der Waals surface area contributed by atoms with Crippen LogP contribution in [0.5, 0.6) is 0 Å². The second-order valence-electron chi connectivity index (χ2n) is 3.53. The molecule has 88 valence electrons. The van der Waals surface area contributed by atoms with Gasteiger partial charge >= 0.3 is 0 Å². The molecule has 1 heterocycles. The Morgan fingerprint density at radius 2 is 2.24 bits per heavy atom. The summed E-state index contributed by atoms with van der Waals surface area (Å²) in [6.45, 7) is 0.369.